The maximum Gasteiger partial charge on any atom is 0.224 e. The maximum absolute atomic E-state index is 13.5. The van der Waals surface area contributed by atoms with E-state index in [4.69, 9.17) is 0 Å². The molecule has 2 aromatic carbocycles. The van der Waals surface area contributed by atoms with E-state index in [-0.39, 0.29) is 11.6 Å². The fourth-order valence-corrected chi connectivity index (χ4v) is 2.04. The summed E-state index contributed by atoms with van der Waals surface area (Å²) < 4.78 is 14.2. The second-order valence-corrected chi connectivity index (χ2v) is 5.07. The Morgan fingerprint density at radius 2 is 1.89 bits per heavy atom. The van der Waals surface area contributed by atoms with Crippen LogP contribution in [0.4, 0.5) is 10.1 Å². The van der Waals surface area contributed by atoms with Crippen molar-refractivity contribution >= 4 is 27.5 Å². The van der Waals surface area contributed by atoms with E-state index in [0.717, 1.165) is 5.56 Å². The van der Waals surface area contributed by atoms with Gasteiger partial charge in [0, 0.05) is 10.9 Å². The Morgan fingerprint density at radius 3 is 2.58 bits per heavy atom. The smallest absolute Gasteiger partial charge is 0.224 e. The van der Waals surface area contributed by atoms with Crippen LogP contribution in [0.5, 0.6) is 0 Å². The van der Waals surface area contributed by atoms with Crippen LogP contribution >= 0.6 is 15.9 Å². The van der Waals surface area contributed by atoms with Gasteiger partial charge in [0.2, 0.25) is 5.91 Å². The molecule has 0 fully saturated rings. The molecule has 2 nitrogen and oxygen atoms in total. The van der Waals surface area contributed by atoms with Crippen LogP contribution in [0.15, 0.2) is 53.0 Å². The fourth-order valence-electron chi connectivity index (χ4n) is 1.71. The molecule has 0 saturated heterocycles. The van der Waals surface area contributed by atoms with Gasteiger partial charge >= 0.3 is 0 Å². The Labute approximate surface area is 119 Å². The number of carbonyl (C=O) groups excluding carboxylic acids is 1. The first-order valence-corrected chi connectivity index (χ1v) is 6.73. The first-order valence-electron chi connectivity index (χ1n) is 5.94. The average molecular weight is 322 g/mol. The summed E-state index contributed by atoms with van der Waals surface area (Å²) in [5.41, 5.74) is 1.30. The van der Waals surface area contributed by atoms with Gasteiger partial charge in [-0.15, -0.1) is 0 Å². The van der Waals surface area contributed by atoms with Gasteiger partial charge in [-0.25, -0.2) is 4.39 Å². The molecule has 2 aromatic rings. The number of aryl methyl sites for hydroxylation is 1. The minimum absolute atomic E-state index is 0.190. The molecule has 98 valence electrons. The largest absolute Gasteiger partial charge is 0.324 e. The summed E-state index contributed by atoms with van der Waals surface area (Å²) in [6, 6.07) is 14.3. The molecule has 0 aromatic heterocycles. The summed E-state index contributed by atoms with van der Waals surface area (Å²) in [4.78, 5) is 11.7. The van der Waals surface area contributed by atoms with Crippen LogP contribution in [-0.2, 0) is 11.2 Å². The number of hydrogen-bond acceptors (Lipinski definition) is 1. The van der Waals surface area contributed by atoms with E-state index in [9.17, 15) is 9.18 Å². The number of amides is 1. The van der Waals surface area contributed by atoms with Gasteiger partial charge in [-0.05, 0) is 30.2 Å². The Kier molecular flexibility index (Phi) is 4.68. The second-order valence-electron chi connectivity index (χ2n) is 4.16. The van der Waals surface area contributed by atoms with E-state index in [1.165, 1.54) is 6.07 Å². The molecule has 4 heteroatoms. The van der Waals surface area contributed by atoms with Gasteiger partial charge in [0.15, 0.2) is 0 Å². The molecule has 2 rings (SSSR count). The van der Waals surface area contributed by atoms with Gasteiger partial charge in [0.05, 0.1) is 5.69 Å². The number of anilines is 1. The van der Waals surface area contributed by atoms with E-state index in [0.29, 0.717) is 17.3 Å². The highest BCUT2D eigenvalue weighted by molar-refractivity contribution is 9.10. The van der Waals surface area contributed by atoms with E-state index >= 15 is 0 Å². The van der Waals surface area contributed by atoms with E-state index in [1.807, 2.05) is 30.3 Å². The number of benzene rings is 2. The van der Waals surface area contributed by atoms with Gasteiger partial charge in [-0.2, -0.15) is 0 Å². The van der Waals surface area contributed by atoms with Crippen molar-refractivity contribution in [2.24, 2.45) is 0 Å². The molecule has 0 bridgehead atoms. The lowest BCUT2D eigenvalue weighted by molar-refractivity contribution is -0.116. The third-order valence-corrected chi connectivity index (χ3v) is 3.18. The van der Waals surface area contributed by atoms with Crippen LogP contribution in [0.1, 0.15) is 12.0 Å². The summed E-state index contributed by atoms with van der Waals surface area (Å²) in [6.07, 6.45) is 0.977. The predicted molar refractivity (Wildman–Crippen MR) is 77.5 cm³/mol. The van der Waals surface area contributed by atoms with Crippen LogP contribution in [0.25, 0.3) is 0 Å². The number of hydrogen-bond donors (Lipinski definition) is 1. The van der Waals surface area contributed by atoms with Crippen LogP contribution in [-0.4, -0.2) is 5.91 Å². The molecule has 0 aliphatic rings. The van der Waals surface area contributed by atoms with Crippen molar-refractivity contribution in [3.05, 3.63) is 64.4 Å². The zero-order valence-corrected chi connectivity index (χ0v) is 11.8. The summed E-state index contributed by atoms with van der Waals surface area (Å²) in [5.74, 6) is -0.632. The first-order chi connectivity index (χ1) is 9.15. The average Bonchev–Trinajstić information content (AvgIpc) is 2.41. The number of rotatable bonds is 4. The number of nitrogens with one attached hydrogen (secondary N) is 1. The summed E-state index contributed by atoms with van der Waals surface area (Å²) in [7, 11) is 0. The van der Waals surface area contributed by atoms with Crippen LogP contribution in [0.2, 0.25) is 0 Å². The molecule has 19 heavy (non-hydrogen) atoms. The Bertz CT molecular complexity index is 572. The van der Waals surface area contributed by atoms with Crippen LogP contribution < -0.4 is 5.32 Å². The van der Waals surface area contributed by atoms with Crippen LogP contribution in [0, 0.1) is 5.82 Å². The molecule has 0 radical (unpaired) electrons. The van der Waals surface area contributed by atoms with Crippen molar-refractivity contribution in [3.8, 4) is 0 Å². The van der Waals surface area contributed by atoms with Gasteiger partial charge < -0.3 is 5.32 Å². The van der Waals surface area contributed by atoms with Gasteiger partial charge in [0.25, 0.3) is 0 Å². The molecule has 0 spiro atoms. The van der Waals surface area contributed by atoms with E-state index in [1.54, 1.807) is 12.1 Å². The van der Waals surface area contributed by atoms with E-state index < -0.39 is 5.82 Å². The van der Waals surface area contributed by atoms with Gasteiger partial charge in [-0.1, -0.05) is 46.3 Å². The molecular formula is C15H13BrFNO. The summed E-state index contributed by atoms with van der Waals surface area (Å²) >= 11 is 3.17. The molecule has 0 unspecified atom stereocenters. The molecule has 0 aliphatic heterocycles. The SMILES string of the molecule is O=C(CCc1ccccc1)Nc1ccc(Br)cc1F. The monoisotopic (exact) mass is 321 g/mol. The zero-order valence-electron chi connectivity index (χ0n) is 10.2. The van der Waals surface area contributed by atoms with Gasteiger partial charge in [-0.3, -0.25) is 4.79 Å². The molecule has 0 saturated carbocycles. The van der Waals surface area contributed by atoms with Crippen molar-refractivity contribution in [3.63, 3.8) is 0 Å². The zero-order chi connectivity index (χ0) is 13.7. The summed E-state index contributed by atoms with van der Waals surface area (Å²) in [5, 5.41) is 2.57. The molecular weight excluding hydrogens is 309 g/mol. The molecule has 1 amide bonds. The molecule has 0 aliphatic carbocycles. The topological polar surface area (TPSA) is 29.1 Å². The van der Waals surface area contributed by atoms with Crippen molar-refractivity contribution in [2.75, 3.05) is 5.32 Å². The number of halogens is 2. The lowest BCUT2D eigenvalue weighted by Crippen LogP contribution is -2.13. The Morgan fingerprint density at radius 1 is 1.16 bits per heavy atom. The Hall–Kier alpha value is -1.68. The summed E-state index contributed by atoms with van der Waals surface area (Å²) in [6.45, 7) is 0. The maximum atomic E-state index is 13.5. The highest BCUT2D eigenvalue weighted by Gasteiger charge is 2.07. The predicted octanol–water partition coefficient (Wildman–Crippen LogP) is 4.16. The Balaban J connectivity index is 1.91. The first kappa shape index (κ1) is 13.7. The highest BCUT2D eigenvalue weighted by atomic mass is 79.9. The van der Waals surface area contributed by atoms with E-state index in [2.05, 4.69) is 21.2 Å². The minimum Gasteiger partial charge on any atom is -0.324 e. The van der Waals surface area contributed by atoms with Crippen molar-refractivity contribution in [2.45, 2.75) is 12.8 Å². The molecule has 0 heterocycles. The lowest BCUT2D eigenvalue weighted by Gasteiger charge is -2.06. The molecule has 1 N–H and O–H groups in total. The number of carbonyl (C=O) groups is 1. The third kappa shape index (κ3) is 4.17. The van der Waals surface area contributed by atoms with Gasteiger partial charge in [0.1, 0.15) is 5.82 Å². The quantitative estimate of drug-likeness (QED) is 0.900. The second kappa shape index (κ2) is 6.48. The van der Waals surface area contributed by atoms with Crippen molar-refractivity contribution < 1.29 is 9.18 Å². The van der Waals surface area contributed by atoms with Crippen molar-refractivity contribution in [1.29, 1.82) is 0 Å². The standard InChI is InChI=1S/C15H13BrFNO/c16-12-7-8-14(13(17)10-12)18-15(19)9-6-11-4-2-1-3-5-11/h1-5,7-8,10H,6,9H2,(H,18,19). The third-order valence-electron chi connectivity index (χ3n) is 2.69. The normalized spacial score (nSPS) is 10.2. The van der Waals surface area contributed by atoms with Crippen molar-refractivity contribution in [1.82, 2.24) is 0 Å². The highest BCUT2D eigenvalue weighted by Crippen LogP contribution is 2.19. The fraction of sp³-hybridized carbons (Fsp3) is 0.133. The molecule has 0 atom stereocenters. The lowest BCUT2D eigenvalue weighted by atomic mass is 10.1. The minimum atomic E-state index is -0.442. The van der Waals surface area contributed by atoms with Crippen LogP contribution in [0.3, 0.4) is 0 Å².